The summed E-state index contributed by atoms with van der Waals surface area (Å²) in [6.07, 6.45) is -0.0790. The quantitative estimate of drug-likeness (QED) is 0.401. The van der Waals surface area contributed by atoms with Crippen molar-refractivity contribution in [3.63, 3.8) is 0 Å². The largest absolute Gasteiger partial charge is 0.484 e. The molecule has 0 fully saturated rings. The molecule has 0 aromatic carbocycles. The summed E-state index contributed by atoms with van der Waals surface area (Å²) in [7, 11) is 1.35. The second kappa shape index (κ2) is 7.34. The third-order valence-corrected chi connectivity index (χ3v) is 0.857. The van der Waals surface area contributed by atoms with Crippen LogP contribution in [0.1, 0.15) is 13.3 Å². The normalized spacial score (nSPS) is 7.82. The number of halogens is 1. The van der Waals surface area contributed by atoms with Gasteiger partial charge in [-0.05, 0) is 6.92 Å². The number of carbonyl (C=O) groups is 1. The van der Waals surface area contributed by atoms with Crippen LogP contribution in [0, 0.1) is 5.41 Å². The molecule has 0 bridgehead atoms. The summed E-state index contributed by atoms with van der Waals surface area (Å²) >= 11 is 0. The van der Waals surface area contributed by atoms with Gasteiger partial charge >= 0.3 is 5.97 Å². The first-order chi connectivity index (χ1) is 4.70. The Labute approximate surface area is 71.8 Å². The van der Waals surface area contributed by atoms with E-state index in [1.54, 1.807) is 6.92 Å². The highest BCUT2D eigenvalue weighted by Crippen LogP contribution is 1.88. The summed E-state index contributed by atoms with van der Waals surface area (Å²) in [5.74, 6) is -0.493. The molecule has 4 nitrogen and oxygen atoms in total. The molecule has 0 amide bonds. The zero-order valence-corrected chi connectivity index (χ0v) is 7.36. The minimum atomic E-state index is -0.422. The van der Waals surface area contributed by atoms with Gasteiger partial charge in [0, 0.05) is 0 Å². The van der Waals surface area contributed by atoms with Gasteiger partial charge in [-0.25, -0.2) is 0 Å². The summed E-state index contributed by atoms with van der Waals surface area (Å²) in [6.45, 7) is 2.06. The number of methoxy groups -OCH3 is 1. The maximum Gasteiger partial charge on any atom is 0.315 e. The van der Waals surface area contributed by atoms with Crippen molar-refractivity contribution in [3.8, 4) is 0 Å². The van der Waals surface area contributed by atoms with Crippen molar-refractivity contribution in [3.05, 3.63) is 0 Å². The fraction of sp³-hybridized carbons (Fsp3) is 0.667. The monoisotopic (exact) mass is 181 g/mol. The highest BCUT2D eigenvalue weighted by Gasteiger charge is 2.05. The second-order valence-electron chi connectivity index (χ2n) is 1.61. The van der Waals surface area contributed by atoms with Crippen molar-refractivity contribution in [2.75, 3.05) is 13.7 Å². The van der Waals surface area contributed by atoms with Crippen LogP contribution >= 0.6 is 12.4 Å². The minimum absolute atomic E-state index is 0. The van der Waals surface area contributed by atoms with Crippen LogP contribution in [-0.4, -0.2) is 25.6 Å². The Balaban J connectivity index is 0. The molecular formula is C6H12ClNO3. The van der Waals surface area contributed by atoms with Gasteiger partial charge in [0.15, 0.2) is 5.90 Å². The molecule has 0 aliphatic heterocycles. The number of esters is 1. The first-order valence-corrected chi connectivity index (χ1v) is 2.97. The number of carbonyl (C=O) groups excluding carboxylic acids is 1. The predicted molar refractivity (Wildman–Crippen MR) is 43.2 cm³/mol. The van der Waals surface area contributed by atoms with Crippen LogP contribution in [0.4, 0.5) is 0 Å². The van der Waals surface area contributed by atoms with Crippen molar-refractivity contribution in [2.24, 2.45) is 0 Å². The van der Waals surface area contributed by atoms with Gasteiger partial charge in [0.05, 0.1) is 13.7 Å². The van der Waals surface area contributed by atoms with Crippen LogP contribution in [0.3, 0.4) is 0 Å². The Kier molecular flexibility index (Phi) is 8.58. The predicted octanol–water partition coefficient (Wildman–Crippen LogP) is 0.985. The lowest BCUT2D eigenvalue weighted by Crippen LogP contribution is -2.11. The fourth-order valence-electron chi connectivity index (χ4n) is 0.415. The van der Waals surface area contributed by atoms with E-state index in [1.165, 1.54) is 7.11 Å². The van der Waals surface area contributed by atoms with Gasteiger partial charge in [0.2, 0.25) is 0 Å². The number of ether oxygens (including phenoxy) is 2. The molecule has 0 rings (SSSR count). The molecule has 11 heavy (non-hydrogen) atoms. The number of nitrogens with one attached hydrogen (secondary N) is 1. The highest BCUT2D eigenvalue weighted by atomic mass is 35.5. The van der Waals surface area contributed by atoms with E-state index in [9.17, 15) is 4.79 Å². The zero-order chi connectivity index (χ0) is 7.98. The van der Waals surface area contributed by atoms with E-state index in [0.29, 0.717) is 6.61 Å². The number of hydrogen-bond acceptors (Lipinski definition) is 4. The molecule has 5 heteroatoms. The SMILES string of the molecule is CCOC(=O)CC(=N)OC.Cl. The fourth-order valence-corrected chi connectivity index (χ4v) is 0.415. The van der Waals surface area contributed by atoms with Crippen molar-refractivity contribution in [1.29, 1.82) is 5.41 Å². The lowest BCUT2D eigenvalue weighted by molar-refractivity contribution is -0.141. The van der Waals surface area contributed by atoms with E-state index in [-0.39, 0.29) is 24.7 Å². The maximum atomic E-state index is 10.6. The Hall–Kier alpha value is -0.770. The molecule has 0 aliphatic rings. The standard InChI is InChI=1S/C6H11NO3.ClH/c1-3-10-6(8)4-5(7)9-2;/h7H,3-4H2,1-2H3;1H. The van der Waals surface area contributed by atoms with Gasteiger partial charge < -0.3 is 9.47 Å². The lowest BCUT2D eigenvalue weighted by Gasteiger charge is -2.00. The lowest BCUT2D eigenvalue weighted by atomic mass is 10.4. The summed E-state index contributed by atoms with van der Waals surface area (Å²) < 4.78 is 9.00. The van der Waals surface area contributed by atoms with E-state index < -0.39 is 5.97 Å². The van der Waals surface area contributed by atoms with Crippen molar-refractivity contribution < 1.29 is 14.3 Å². The molecule has 0 atom stereocenters. The van der Waals surface area contributed by atoms with Crippen LogP contribution in [-0.2, 0) is 14.3 Å². The Morgan fingerprint density at radius 1 is 1.55 bits per heavy atom. The van der Waals surface area contributed by atoms with Gasteiger partial charge in [-0.2, -0.15) is 0 Å². The Morgan fingerprint density at radius 2 is 2.09 bits per heavy atom. The first-order valence-electron chi connectivity index (χ1n) is 2.97. The molecule has 0 unspecified atom stereocenters. The topological polar surface area (TPSA) is 59.4 Å². The van der Waals surface area contributed by atoms with E-state index in [0.717, 1.165) is 0 Å². The molecular weight excluding hydrogens is 170 g/mol. The second-order valence-corrected chi connectivity index (χ2v) is 1.61. The average Bonchev–Trinajstić information content (AvgIpc) is 1.88. The van der Waals surface area contributed by atoms with Gasteiger partial charge in [-0.1, -0.05) is 0 Å². The van der Waals surface area contributed by atoms with Gasteiger partial charge in [-0.3, -0.25) is 10.2 Å². The summed E-state index contributed by atoms with van der Waals surface area (Å²) in [4.78, 5) is 10.6. The smallest absolute Gasteiger partial charge is 0.315 e. The molecule has 0 aliphatic carbocycles. The third kappa shape index (κ3) is 7.12. The van der Waals surface area contributed by atoms with Crippen molar-refractivity contribution >= 4 is 24.3 Å². The molecule has 0 spiro atoms. The molecule has 1 N–H and O–H groups in total. The Morgan fingerprint density at radius 3 is 2.45 bits per heavy atom. The molecule has 0 aromatic rings. The summed E-state index contributed by atoms with van der Waals surface area (Å²) in [5.41, 5.74) is 0. The maximum absolute atomic E-state index is 10.6. The van der Waals surface area contributed by atoms with Crippen molar-refractivity contribution in [2.45, 2.75) is 13.3 Å². The summed E-state index contributed by atoms with van der Waals surface area (Å²) in [6, 6.07) is 0. The Bertz CT molecular complexity index is 138. The van der Waals surface area contributed by atoms with Crippen LogP contribution in [0.25, 0.3) is 0 Å². The van der Waals surface area contributed by atoms with Crippen LogP contribution in [0.2, 0.25) is 0 Å². The van der Waals surface area contributed by atoms with Crippen LogP contribution in [0.5, 0.6) is 0 Å². The van der Waals surface area contributed by atoms with Gasteiger partial charge in [-0.15, -0.1) is 12.4 Å². The highest BCUT2D eigenvalue weighted by molar-refractivity contribution is 5.92. The van der Waals surface area contributed by atoms with Gasteiger partial charge in [0.1, 0.15) is 6.42 Å². The number of rotatable bonds is 3. The molecule has 0 heterocycles. The third-order valence-electron chi connectivity index (χ3n) is 0.857. The average molecular weight is 182 g/mol. The minimum Gasteiger partial charge on any atom is -0.484 e. The zero-order valence-electron chi connectivity index (χ0n) is 6.55. The van der Waals surface area contributed by atoms with E-state index in [1.807, 2.05) is 0 Å². The van der Waals surface area contributed by atoms with E-state index in [2.05, 4.69) is 9.47 Å². The van der Waals surface area contributed by atoms with Crippen LogP contribution in [0.15, 0.2) is 0 Å². The molecule has 0 saturated carbocycles. The van der Waals surface area contributed by atoms with E-state index >= 15 is 0 Å². The molecule has 66 valence electrons. The first kappa shape index (κ1) is 12.9. The van der Waals surface area contributed by atoms with Crippen LogP contribution < -0.4 is 0 Å². The number of hydrogen-bond donors (Lipinski definition) is 1. The van der Waals surface area contributed by atoms with Gasteiger partial charge in [0.25, 0.3) is 0 Å². The van der Waals surface area contributed by atoms with E-state index in [4.69, 9.17) is 5.41 Å². The summed E-state index contributed by atoms with van der Waals surface area (Å²) in [5, 5.41) is 6.92. The molecule has 0 aromatic heterocycles. The molecule has 0 radical (unpaired) electrons. The van der Waals surface area contributed by atoms with Crippen molar-refractivity contribution in [1.82, 2.24) is 0 Å². The molecule has 0 saturated heterocycles.